The number of benzene rings is 1. The summed E-state index contributed by atoms with van der Waals surface area (Å²) in [6, 6.07) is 9.17. The maximum Gasteiger partial charge on any atom is 0.267 e. The van der Waals surface area contributed by atoms with Gasteiger partial charge in [0.25, 0.3) is 15.9 Å². The standard InChI is InChI=1S/C16H21N3O5S/c1-12-16(13(2)19(3)17-12)25(21,22)18-15(20)11-23-9-10-24-14-7-5-4-6-8-14/h4-8H,9-11H2,1-3H3,(H,18,20). The number of nitrogens with one attached hydrogen (secondary N) is 1. The van der Waals surface area contributed by atoms with Crippen LogP contribution in [0, 0.1) is 13.8 Å². The highest BCUT2D eigenvalue weighted by atomic mass is 32.2. The zero-order valence-corrected chi connectivity index (χ0v) is 15.2. The second-order valence-corrected chi connectivity index (χ2v) is 6.99. The first-order chi connectivity index (χ1) is 11.8. The Bertz CT molecular complexity index is 831. The molecule has 0 aliphatic heterocycles. The molecule has 0 radical (unpaired) electrons. The highest BCUT2D eigenvalue weighted by Gasteiger charge is 2.25. The Hall–Kier alpha value is -2.39. The molecule has 0 aliphatic carbocycles. The molecule has 25 heavy (non-hydrogen) atoms. The van der Waals surface area contributed by atoms with E-state index in [9.17, 15) is 13.2 Å². The molecule has 0 saturated heterocycles. The molecule has 1 heterocycles. The summed E-state index contributed by atoms with van der Waals surface area (Å²) in [7, 11) is -2.34. The van der Waals surface area contributed by atoms with Crippen molar-refractivity contribution in [2.24, 2.45) is 7.05 Å². The number of ether oxygens (including phenoxy) is 2. The van der Waals surface area contributed by atoms with Crippen molar-refractivity contribution in [1.29, 1.82) is 0 Å². The molecule has 9 heteroatoms. The van der Waals surface area contributed by atoms with Crippen LogP contribution in [0.4, 0.5) is 0 Å². The summed E-state index contributed by atoms with van der Waals surface area (Å²) in [6.45, 7) is 3.23. The van der Waals surface area contributed by atoms with Gasteiger partial charge in [-0.1, -0.05) is 18.2 Å². The molecule has 8 nitrogen and oxygen atoms in total. The molecule has 0 aliphatic rings. The fourth-order valence-corrected chi connectivity index (χ4v) is 3.68. The van der Waals surface area contributed by atoms with Crippen LogP contribution in [0.3, 0.4) is 0 Å². The fourth-order valence-electron chi connectivity index (χ4n) is 2.27. The topological polar surface area (TPSA) is 99.5 Å². The highest BCUT2D eigenvalue weighted by molar-refractivity contribution is 7.90. The zero-order chi connectivity index (χ0) is 18.4. The van der Waals surface area contributed by atoms with Crippen molar-refractivity contribution in [2.45, 2.75) is 18.7 Å². The zero-order valence-electron chi connectivity index (χ0n) is 14.4. The minimum absolute atomic E-state index is 0.00996. The van der Waals surface area contributed by atoms with Crippen LogP contribution < -0.4 is 9.46 Å². The summed E-state index contributed by atoms with van der Waals surface area (Å²) in [4.78, 5) is 11.8. The van der Waals surface area contributed by atoms with Gasteiger partial charge < -0.3 is 9.47 Å². The summed E-state index contributed by atoms with van der Waals surface area (Å²) >= 11 is 0. The van der Waals surface area contributed by atoms with Crippen molar-refractivity contribution in [3.05, 3.63) is 41.7 Å². The van der Waals surface area contributed by atoms with Crippen LogP contribution >= 0.6 is 0 Å². The van der Waals surface area contributed by atoms with Gasteiger partial charge >= 0.3 is 0 Å². The Balaban J connectivity index is 1.79. The normalized spacial score (nSPS) is 11.3. The van der Waals surface area contributed by atoms with E-state index in [1.54, 1.807) is 33.0 Å². The van der Waals surface area contributed by atoms with Crippen LogP contribution in [0.2, 0.25) is 0 Å². The number of rotatable bonds is 8. The van der Waals surface area contributed by atoms with Crippen molar-refractivity contribution >= 4 is 15.9 Å². The number of hydrogen-bond acceptors (Lipinski definition) is 6. The first-order valence-electron chi connectivity index (χ1n) is 7.62. The van der Waals surface area contributed by atoms with Crippen LogP contribution in [0.1, 0.15) is 11.4 Å². The fraction of sp³-hybridized carbons (Fsp3) is 0.375. The molecule has 0 fully saturated rings. The van der Waals surface area contributed by atoms with E-state index in [2.05, 4.69) is 5.10 Å². The van der Waals surface area contributed by atoms with Gasteiger partial charge in [-0.3, -0.25) is 9.48 Å². The van der Waals surface area contributed by atoms with Crippen LogP contribution in [-0.2, 0) is 26.6 Å². The van der Waals surface area contributed by atoms with Crippen molar-refractivity contribution in [3.63, 3.8) is 0 Å². The van der Waals surface area contributed by atoms with Gasteiger partial charge in [-0.15, -0.1) is 0 Å². The molecule has 1 aromatic carbocycles. The molecule has 0 spiro atoms. The number of hydrogen-bond donors (Lipinski definition) is 1. The number of nitrogens with zero attached hydrogens (tertiary/aromatic N) is 2. The van der Waals surface area contributed by atoms with Gasteiger partial charge in [-0.05, 0) is 26.0 Å². The van der Waals surface area contributed by atoms with E-state index in [1.807, 2.05) is 22.9 Å². The van der Waals surface area contributed by atoms with E-state index in [0.717, 1.165) is 0 Å². The highest BCUT2D eigenvalue weighted by Crippen LogP contribution is 2.18. The van der Waals surface area contributed by atoms with Crippen molar-refractivity contribution in [1.82, 2.24) is 14.5 Å². The molecule has 0 atom stereocenters. The van der Waals surface area contributed by atoms with Gasteiger partial charge in [0.05, 0.1) is 18.0 Å². The quantitative estimate of drug-likeness (QED) is 0.697. The Labute approximate surface area is 146 Å². The van der Waals surface area contributed by atoms with E-state index >= 15 is 0 Å². The Morgan fingerprint density at radius 3 is 2.48 bits per heavy atom. The summed E-state index contributed by atoms with van der Waals surface area (Å²) in [6.07, 6.45) is 0. The lowest BCUT2D eigenvalue weighted by molar-refractivity contribution is -0.124. The number of aromatic nitrogens is 2. The van der Waals surface area contributed by atoms with Crippen molar-refractivity contribution in [2.75, 3.05) is 19.8 Å². The maximum atomic E-state index is 12.3. The molecule has 2 rings (SSSR count). The third-order valence-electron chi connectivity index (χ3n) is 3.43. The summed E-state index contributed by atoms with van der Waals surface area (Å²) in [5.74, 6) is -0.0528. The average molecular weight is 367 g/mol. The molecular formula is C16H21N3O5S. The maximum absolute atomic E-state index is 12.3. The van der Waals surface area contributed by atoms with Crippen molar-refractivity contribution in [3.8, 4) is 5.75 Å². The molecule has 136 valence electrons. The number of carbonyl (C=O) groups excluding carboxylic acids is 1. The molecule has 1 N–H and O–H groups in total. The van der Waals surface area contributed by atoms with E-state index in [4.69, 9.17) is 9.47 Å². The number of carbonyl (C=O) groups is 1. The molecule has 1 amide bonds. The largest absolute Gasteiger partial charge is 0.491 e. The molecule has 2 aromatic rings. The van der Waals surface area contributed by atoms with E-state index in [0.29, 0.717) is 17.1 Å². The molecule has 0 unspecified atom stereocenters. The summed E-state index contributed by atoms with van der Waals surface area (Å²) in [5.41, 5.74) is 0.785. The predicted octanol–water partition coefficient (Wildman–Crippen LogP) is 0.937. The van der Waals surface area contributed by atoms with Gasteiger partial charge in [0.2, 0.25) is 0 Å². The van der Waals surface area contributed by atoms with E-state index < -0.39 is 15.9 Å². The van der Waals surface area contributed by atoms with Crippen LogP contribution in [0.5, 0.6) is 5.75 Å². The van der Waals surface area contributed by atoms with Gasteiger partial charge in [0.1, 0.15) is 23.9 Å². The SMILES string of the molecule is Cc1nn(C)c(C)c1S(=O)(=O)NC(=O)COCCOc1ccccc1. The Morgan fingerprint density at radius 1 is 1.20 bits per heavy atom. The van der Waals surface area contributed by atoms with E-state index in [-0.39, 0.29) is 24.7 Å². The number of sulfonamides is 1. The van der Waals surface area contributed by atoms with Crippen molar-refractivity contribution < 1.29 is 22.7 Å². The number of amides is 1. The smallest absolute Gasteiger partial charge is 0.267 e. The van der Waals surface area contributed by atoms with Crippen LogP contribution in [0.15, 0.2) is 35.2 Å². The first kappa shape index (κ1) is 18.9. The number of aryl methyl sites for hydroxylation is 2. The van der Waals surface area contributed by atoms with E-state index in [1.165, 1.54) is 4.68 Å². The minimum atomic E-state index is -3.98. The first-order valence-corrected chi connectivity index (χ1v) is 9.11. The molecule has 0 bridgehead atoms. The summed E-state index contributed by atoms with van der Waals surface area (Å²) in [5, 5.41) is 4.04. The van der Waals surface area contributed by atoms with Crippen LogP contribution in [-0.4, -0.2) is 43.9 Å². The lowest BCUT2D eigenvalue weighted by Gasteiger charge is -2.09. The predicted molar refractivity (Wildman–Crippen MR) is 90.8 cm³/mol. The molecule has 0 saturated carbocycles. The second-order valence-electron chi connectivity index (χ2n) is 5.37. The minimum Gasteiger partial charge on any atom is -0.491 e. The molecular weight excluding hydrogens is 346 g/mol. The third-order valence-corrected chi connectivity index (χ3v) is 5.06. The monoisotopic (exact) mass is 367 g/mol. The van der Waals surface area contributed by atoms with Crippen LogP contribution in [0.25, 0.3) is 0 Å². The second kappa shape index (κ2) is 8.13. The summed E-state index contributed by atoms with van der Waals surface area (Å²) < 4.78 is 38.6. The van der Waals surface area contributed by atoms with Gasteiger partial charge in [-0.2, -0.15) is 5.10 Å². The van der Waals surface area contributed by atoms with Gasteiger partial charge in [0, 0.05) is 7.05 Å². The molecule has 1 aromatic heterocycles. The van der Waals surface area contributed by atoms with Gasteiger partial charge in [0.15, 0.2) is 0 Å². The lowest BCUT2D eigenvalue weighted by atomic mass is 10.3. The third kappa shape index (κ3) is 5.04. The lowest BCUT2D eigenvalue weighted by Crippen LogP contribution is -2.34. The Morgan fingerprint density at radius 2 is 1.88 bits per heavy atom. The Kier molecular flexibility index (Phi) is 6.16. The average Bonchev–Trinajstić information content (AvgIpc) is 2.80. The number of para-hydroxylation sites is 1. The van der Waals surface area contributed by atoms with Gasteiger partial charge in [-0.25, -0.2) is 13.1 Å².